The van der Waals surface area contributed by atoms with Gasteiger partial charge in [-0.2, -0.15) is 0 Å². The van der Waals surface area contributed by atoms with Crippen molar-refractivity contribution in [2.75, 3.05) is 0 Å². The van der Waals surface area contributed by atoms with Crippen LogP contribution in [0.5, 0.6) is 0 Å². The van der Waals surface area contributed by atoms with Crippen molar-refractivity contribution < 1.29 is 60.5 Å². The van der Waals surface area contributed by atoms with Gasteiger partial charge in [-0.3, -0.25) is 9.97 Å². The van der Waals surface area contributed by atoms with E-state index in [0.29, 0.717) is 0 Å². The molecule has 1 aliphatic carbocycles. The molecule has 1 saturated carbocycles. The Labute approximate surface area is 166 Å². The molecular weight excluding hydrogens is 573 g/mol. The number of aromatic amines is 3. The molecule has 0 bridgehead atoms. The van der Waals surface area contributed by atoms with Crippen LogP contribution >= 0.6 is 7.81 Å². The van der Waals surface area contributed by atoms with Gasteiger partial charge >= 0.3 is 55.6 Å². The summed E-state index contributed by atoms with van der Waals surface area (Å²) in [4.78, 5) is 12.0. The quantitative estimate of drug-likeness (QED) is 0.201. The first kappa shape index (κ1) is 33.2. The van der Waals surface area contributed by atoms with Crippen molar-refractivity contribution in [1.29, 1.82) is 0 Å². The second-order valence-electron chi connectivity index (χ2n) is 3.49. The summed E-state index contributed by atoms with van der Waals surface area (Å²) >= 11 is 0. The van der Waals surface area contributed by atoms with E-state index in [1.807, 2.05) is 44.5 Å². The normalized spacial score (nSPS) is 13.6. The van der Waals surface area contributed by atoms with Gasteiger partial charge in [0.05, 0.1) is 6.33 Å². The maximum absolute atomic E-state index is 10.7. The Morgan fingerprint density at radius 1 is 0.778 bits per heavy atom. The van der Waals surface area contributed by atoms with Crippen molar-refractivity contribution in [3.63, 3.8) is 0 Å². The summed E-state index contributed by atoms with van der Waals surface area (Å²) in [5.74, 6) is 0. The van der Waals surface area contributed by atoms with Crippen molar-refractivity contribution in [2.24, 2.45) is 0 Å². The molecule has 14 heteroatoms. The van der Waals surface area contributed by atoms with Crippen molar-refractivity contribution in [3.8, 4) is 0 Å². The first-order valence-corrected chi connectivity index (χ1v) is 8.03. The molecule has 2 aromatic rings. The number of rotatable bonds is 0. The van der Waals surface area contributed by atoms with Gasteiger partial charge in [-0.1, -0.05) is 0 Å². The van der Waals surface area contributed by atoms with Gasteiger partial charge in [0.25, 0.3) is 0 Å². The van der Waals surface area contributed by atoms with Crippen LogP contribution < -0.4 is 4.98 Å². The van der Waals surface area contributed by atoms with Crippen LogP contribution in [0.2, 0.25) is 0 Å². The number of aromatic nitrogens is 4. The number of hydrogen-bond donors (Lipinski definition) is 2. The van der Waals surface area contributed by atoms with Gasteiger partial charge in [-0.05, 0) is 32.1 Å². The first-order chi connectivity index (χ1) is 11.9. The molecule has 151 valence electrons. The van der Waals surface area contributed by atoms with Gasteiger partial charge in [0.15, 0.2) is 0 Å². The molecule has 3 N–H and O–H groups in total. The second-order valence-corrected chi connectivity index (χ2v) is 5.41. The van der Waals surface area contributed by atoms with E-state index in [1.165, 1.54) is 0 Å². The number of nitrogens with zero attached hydrogens (tertiary/aromatic N) is 1. The molecule has 0 amide bonds. The smallest absolute Gasteiger partial charge is 0.239 e. The van der Waals surface area contributed by atoms with Crippen LogP contribution in [0.15, 0.2) is 37.4 Å². The third-order valence-electron chi connectivity index (χ3n) is 1.40. The van der Waals surface area contributed by atoms with E-state index in [-0.39, 0.29) is 21.1 Å². The van der Waals surface area contributed by atoms with Crippen molar-refractivity contribution in [2.45, 2.75) is 0 Å². The van der Waals surface area contributed by atoms with Crippen LogP contribution in [0.25, 0.3) is 0 Å². The Kier molecular flexibility index (Phi) is 20.6. The maximum Gasteiger partial charge on any atom is 0.239 e. The van der Waals surface area contributed by atoms with Gasteiger partial charge in [-0.15, -0.1) is 0 Å². The van der Waals surface area contributed by atoms with E-state index in [4.69, 9.17) is 9.30 Å². The Bertz CT molecular complexity index is 457. The molecule has 1 aliphatic rings. The summed E-state index contributed by atoms with van der Waals surface area (Å²) in [5.41, 5.74) is 0. The topological polar surface area (TPSA) is 98.4 Å². The van der Waals surface area contributed by atoms with E-state index in [1.54, 1.807) is 25.0 Å². The summed E-state index contributed by atoms with van der Waals surface area (Å²) < 4.78 is 74.2. The maximum atomic E-state index is 9.87. The molecule has 0 atom stereocenters. The minimum atomic E-state index is -10.7. The fourth-order valence-corrected chi connectivity index (χ4v) is 0.776. The Morgan fingerprint density at radius 2 is 1.19 bits per heavy atom. The molecule has 3 rings (SSSR count). The number of halogens is 6. The molecule has 5 radical (unpaired) electrons. The molecule has 1 fully saturated rings. The van der Waals surface area contributed by atoms with Gasteiger partial charge in [0, 0.05) is 33.5 Å². The zero-order chi connectivity index (χ0) is 21.0. The minimum Gasteiger partial charge on any atom is -0.351 e. The molecule has 0 spiro atoms. The number of imidazole rings is 2. The fourth-order valence-electron chi connectivity index (χ4n) is 0.776. The number of nitrogens with one attached hydrogen (secondary N) is 3. The molecule has 2 aromatic heterocycles. The van der Waals surface area contributed by atoms with E-state index in [9.17, 15) is 25.2 Å². The molecule has 27 heavy (non-hydrogen) atoms. The zero-order valence-corrected chi connectivity index (χ0v) is 17.1. The van der Waals surface area contributed by atoms with Crippen LogP contribution in [0.3, 0.4) is 0 Å². The van der Waals surface area contributed by atoms with Gasteiger partial charge in [0.1, 0.15) is 12.4 Å². The van der Waals surface area contributed by atoms with Crippen LogP contribution in [-0.4, -0.2) is 15.0 Å². The monoisotopic (exact) mass is 587 g/mol. The van der Waals surface area contributed by atoms with Crippen molar-refractivity contribution in [3.05, 3.63) is 82.8 Å². The van der Waals surface area contributed by atoms with E-state index in [2.05, 4.69) is 33.2 Å². The molecule has 6 nitrogen and oxygen atoms in total. The second kappa shape index (κ2) is 16.7. The number of hydrogen-bond acceptors (Lipinski definition) is 1. The standard InChI is InChI=1S/C5H5.2C3H4N2.2CO.F6P.W/c1-2-4-5-3-1;2*1-2-5-3-4-1;2*1-2;1-7(2,3,4,5)6;/h1-5H;2*1-3H,(H,4,5);;;;/q;;;;;-1;/p+1. The molecule has 0 saturated heterocycles. The Hall–Kier alpha value is -1.40. The Morgan fingerprint density at radius 3 is 1.30 bits per heavy atom. The first-order valence-electron chi connectivity index (χ1n) is 6.00. The van der Waals surface area contributed by atoms with Crippen LogP contribution in [-0.2, 0) is 30.4 Å². The summed E-state index contributed by atoms with van der Waals surface area (Å²) in [6.07, 6.45) is 20.5. The van der Waals surface area contributed by atoms with Crippen molar-refractivity contribution in [1.82, 2.24) is 15.0 Å². The Balaban J connectivity index is -0.000000122. The van der Waals surface area contributed by atoms with E-state index < -0.39 is 7.81 Å². The SMILES string of the molecule is F[P-](F)(F)(F)(F)F.[C-]#[O+].[C-]#[O+].[CH]1[CH][CH][CH][CH]1.[W].c1c[nH+]c[nH]1.c1c[nH]cn1. The average molecular weight is 587 g/mol. The predicted octanol–water partition coefficient (Wildman–Crippen LogP) is 4.56. The van der Waals surface area contributed by atoms with Crippen LogP contribution in [0.1, 0.15) is 0 Å². The largest absolute Gasteiger partial charge is 0.351 e. The fraction of sp³-hybridized carbons (Fsp3) is 0. The summed E-state index contributed by atoms with van der Waals surface area (Å²) in [7, 11) is -10.7. The van der Waals surface area contributed by atoms with Gasteiger partial charge in [0.2, 0.25) is 6.33 Å². The summed E-state index contributed by atoms with van der Waals surface area (Å²) in [5, 5.41) is 0. The van der Waals surface area contributed by atoms with Crippen molar-refractivity contribution >= 4 is 7.81 Å². The minimum absolute atomic E-state index is 0. The van der Waals surface area contributed by atoms with Crippen LogP contribution in [0, 0.1) is 45.4 Å². The van der Waals surface area contributed by atoms with Gasteiger partial charge in [-0.25, -0.2) is 4.98 Å². The predicted molar refractivity (Wildman–Crippen MR) is 78.9 cm³/mol. The molecule has 0 aromatic carbocycles. The van der Waals surface area contributed by atoms with E-state index >= 15 is 0 Å². The van der Waals surface area contributed by atoms with E-state index in [0.717, 1.165) is 0 Å². The molecule has 0 unspecified atom stereocenters. The van der Waals surface area contributed by atoms with Crippen LogP contribution in [0.4, 0.5) is 25.2 Å². The summed E-state index contributed by atoms with van der Waals surface area (Å²) in [6.45, 7) is 9.00. The molecular formula is C13H14F6N4O2PW. The molecule has 0 aliphatic heterocycles. The van der Waals surface area contributed by atoms with Gasteiger partial charge < -0.3 is 4.98 Å². The number of H-pyrrole nitrogens is 3. The average Bonchev–Trinajstić information content (AvgIpc) is 3.36. The molecule has 2 heterocycles. The zero-order valence-electron chi connectivity index (χ0n) is 13.2. The summed E-state index contributed by atoms with van der Waals surface area (Å²) in [6, 6.07) is 0. The third kappa shape index (κ3) is 67.9. The third-order valence-corrected chi connectivity index (χ3v) is 1.40.